The summed E-state index contributed by atoms with van der Waals surface area (Å²) >= 11 is 0. The SMILES string of the molecule is C#CC(N)(CCC)CCC. The zero-order valence-corrected chi connectivity index (χ0v) is 6.98. The second-order valence-electron chi connectivity index (χ2n) is 2.80. The maximum Gasteiger partial charge on any atom is 0.0773 e. The Morgan fingerprint density at radius 3 is 1.90 bits per heavy atom. The number of terminal acetylenes is 1. The van der Waals surface area contributed by atoms with Gasteiger partial charge in [-0.15, -0.1) is 6.42 Å². The second kappa shape index (κ2) is 4.35. The molecule has 0 rings (SSSR count). The van der Waals surface area contributed by atoms with Gasteiger partial charge in [0.25, 0.3) is 0 Å². The van der Waals surface area contributed by atoms with Crippen LogP contribution in [-0.2, 0) is 0 Å². The summed E-state index contributed by atoms with van der Waals surface area (Å²) in [4.78, 5) is 0. The molecule has 58 valence electrons. The maximum atomic E-state index is 5.88. The van der Waals surface area contributed by atoms with E-state index in [-0.39, 0.29) is 5.54 Å². The Labute approximate surface area is 64.0 Å². The number of rotatable bonds is 4. The molecule has 0 aliphatic rings. The molecule has 0 aromatic carbocycles. The van der Waals surface area contributed by atoms with Crippen molar-refractivity contribution in [3.05, 3.63) is 0 Å². The van der Waals surface area contributed by atoms with Crippen LogP contribution in [-0.4, -0.2) is 5.54 Å². The summed E-state index contributed by atoms with van der Waals surface area (Å²) in [6.45, 7) is 4.21. The van der Waals surface area contributed by atoms with E-state index in [1.165, 1.54) is 0 Å². The van der Waals surface area contributed by atoms with Crippen molar-refractivity contribution < 1.29 is 0 Å². The van der Waals surface area contributed by atoms with E-state index in [2.05, 4.69) is 19.8 Å². The predicted octanol–water partition coefficient (Wildman–Crippen LogP) is 1.92. The molecule has 0 atom stereocenters. The molecule has 0 spiro atoms. The molecule has 10 heavy (non-hydrogen) atoms. The van der Waals surface area contributed by atoms with Gasteiger partial charge < -0.3 is 5.73 Å². The Hall–Kier alpha value is -0.480. The second-order valence-corrected chi connectivity index (χ2v) is 2.80. The minimum absolute atomic E-state index is 0.330. The molecule has 0 heterocycles. The zero-order chi connectivity index (χ0) is 8.04. The highest BCUT2D eigenvalue weighted by molar-refractivity contribution is 5.10. The van der Waals surface area contributed by atoms with E-state index >= 15 is 0 Å². The van der Waals surface area contributed by atoms with E-state index in [1.807, 2.05) is 0 Å². The van der Waals surface area contributed by atoms with Crippen molar-refractivity contribution in [2.75, 3.05) is 0 Å². The van der Waals surface area contributed by atoms with Gasteiger partial charge in [0.15, 0.2) is 0 Å². The number of hydrogen-bond donors (Lipinski definition) is 1. The molecule has 0 amide bonds. The van der Waals surface area contributed by atoms with Crippen LogP contribution in [0.1, 0.15) is 39.5 Å². The first kappa shape index (κ1) is 9.52. The molecule has 0 aromatic rings. The molecule has 0 aliphatic carbocycles. The fourth-order valence-corrected chi connectivity index (χ4v) is 1.16. The van der Waals surface area contributed by atoms with Crippen LogP contribution in [0.15, 0.2) is 0 Å². The van der Waals surface area contributed by atoms with Crippen molar-refractivity contribution in [2.45, 2.75) is 45.1 Å². The topological polar surface area (TPSA) is 26.0 Å². The van der Waals surface area contributed by atoms with Crippen LogP contribution in [0.4, 0.5) is 0 Å². The molecule has 0 radical (unpaired) electrons. The molecule has 1 heteroatoms. The van der Waals surface area contributed by atoms with Gasteiger partial charge in [-0.05, 0) is 12.8 Å². The molecule has 2 N–H and O–H groups in total. The summed E-state index contributed by atoms with van der Waals surface area (Å²) in [6, 6.07) is 0. The first-order valence-electron chi connectivity index (χ1n) is 3.95. The lowest BCUT2D eigenvalue weighted by Gasteiger charge is -2.21. The molecule has 0 unspecified atom stereocenters. The summed E-state index contributed by atoms with van der Waals surface area (Å²) in [7, 11) is 0. The fourth-order valence-electron chi connectivity index (χ4n) is 1.16. The van der Waals surface area contributed by atoms with Crippen LogP contribution in [0.5, 0.6) is 0 Å². The molecular formula is C9H17N. The summed E-state index contributed by atoms with van der Waals surface area (Å²) in [6.07, 6.45) is 9.33. The third-order valence-electron chi connectivity index (χ3n) is 1.68. The molecule has 0 saturated heterocycles. The summed E-state index contributed by atoms with van der Waals surface area (Å²) < 4.78 is 0. The van der Waals surface area contributed by atoms with E-state index in [0.717, 1.165) is 25.7 Å². The van der Waals surface area contributed by atoms with E-state index in [0.29, 0.717) is 0 Å². The van der Waals surface area contributed by atoms with E-state index in [9.17, 15) is 0 Å². The van der Waals surface area contributed by atoms with Gasteiger partial charge in [-0.3, -0.25) is 0 Å². The van der Waals surface area contributed by atoms with Crippen molar-refractivity contribution in [1.29, 1.82) is 0 Å². The van der Waals surface area contributed by atoms with Gasteiger partial charge in [0.2, 0.25) is 0 Å². The summed E-state index contributed by atoms with van der Waals surface area (Å²) in [5.41, 5.74) is 5.55. The minimum atomic E-state index is -0.330. The van der Waals surface area contributed by atoms with Crippen molar-refractivity contribution in [2.24, 2.45) is 5.73 Å². The van der Waals surface area contributed by atoms with Crippen molar-refractivity contribution in [3.63, 3.8) is 0 Å². The van der Waals surface area contributed by atoms with Crippen molar-refractivity contribution in [1.82, 2.24) is 0 Å². The maximum absolute atomic E-state index is 5.88. The van der Waals surface area contributed by atoms with Crippen LogP contribution in [0.2, 0.25) is 0 Å². The lowest BCUT2D eigenvalue weighted by atomic mass is 9.91. The fraction of sp³-hybridized carbons (Fsp3) is 0.778. The third-order valence-corrected chi connectivity index (χ3v) is 1.68. The highest BCUT2D eigenvalue weighted by Gasteiger charge is 2.18. The van der Waals surface area contributed by atoms with Gasteiger partial charge in [0.1, 0.15) is 0 Å². The largest absolute Gasteiger partial charge is 0.315 e. The average molecular weight is 139 g/mol. The quantitative estimate of drug-likeness (QED) is 0.592. The lowest BCUT2D eigenvalue weighted by Crippen LogP contribution is -2.37. The molecule has 0 bridgehead atoms. The summed E-state index contributed by atoms with van der Waals surface area (Å²) in [5.74, 6) is 2.66. The Kier molecular flexibility index (Phi) is 4.14. The van der Waals surface area contributed by atoms with Crippen LogP contribution in [0.25, 0.3) is 0 Å². The van der Waals surface area contributed by atoms with Crippen molar-refractivity contribution >= 4 is 0 Å². The van der Waals surface area contributed by atoms with Gasteiger partial charge in [-0.25, -0.2) is 0 Å². The van der Waals surface area contributed by atoms with E-state index in [1.54, 1.807) is 0 Å². The Morgan fingerprint density at radius 1 is 1.30 bits per heavy atom. The van der Waals surface area contributed by atoms with Crippen LogP contribution >= 0.6 is 0 Å². The molecule has 0 aromatic heterocycles. The van der Waals surface area contributed by atoms with Gasteiger partial charge in [-0.2, -0.15) is 0 Å². The molecule has 0 saturated carbocycles. The normalized spacial score (nSPS) is 11.0. The molecular weight excluding hydrogens is 122 g/mol. The zero-order valence-electron chi connectivity index (χ0n) is 6.98. The van der Waals surface area contributed by atoms with Crippen molar-refractivity contribution in [3.8, 4) is 12.3 Å². The Bertz CT molecular complexity index is 115. The first-order chi connectivity index (χ1) is 4.68. The van der Waals surface area contributed by atoms with Gasteiger partial charge in [0.05, 0.1) is 5.54 Å². The van der Waals surface area contributed by atoms with Gasteiger partial charge in [0, 0.05) is 0 Å². The lowest BCUT2D eigenvalue weighted by molar-refractivity contribution is 0.457. The van der Waals surface area contributed by atoms with Crippen LogP contribution in [0.3, 0.4) is 0 Å². The predicted molar refractivity (Wildman–Crippen MR) is 45.6 cm³/mol. The third kappa shape index (κ3) is 2.89. The smallest absolute Gasteiger partial charge is 0.0773 e. The standard InChI is InChI=1S/C9H17N/c1-4-7-9(10,6-3)8-5-2/h3H,4-5,7-8,10H2,1-2H3. The Balaban J connectivity index is 3.85. The molecule has 1 nitrogen and oxygen atoms in total. The van der Waals surface area contributed by atoms with E-state index < -0.39 is 0 Å². The highest BCUT2D eigenvalue weighted by Crippen LogP contribution is 2.14. The molecule has 0 fully saturated rings. The number of hydrogen-bond acceptors (Lipinski definition) is 1. The minimum Gasteiger partial charge on any atom is -0.315 e. The first-order valence-corrected chi connectivity index (χ1v) is 3.95. The monoisotopic (exact) mass is 139 g/mol. The van der Waals surface area contributed by atoms with Gasteiger partial charge >= 0.3 is 0 Å². The van der Waals surface area contributed by atoms with E-state index in [4.69, 9.17) is 12.2 Å². The highest BCUT2D eigenvalue weighted by atomic mass is 14.7. The number of nitrogens with two attached hydrogens (primary N) is 1. The Morgan fingerprint density at radius 2 is 1.70 bits per heavy atom. The van der Waals surface area contributed by atoms with Gasteiger partial charge in [-0.1, -0.05) is 32.6 Å². The molecule has 0 aliphatic heterocycles. The summed E-state index contributed by atoms with van der Waals surface area (Å²) in [5, 5.41) is 0. The average Bonchev–Trinajstić information content (AvgIpc) is 1.89. The van der Waals surface area contributed by atoms with Crippen LogP contribution in [0, 0.1) is 12.3 Å². The van der Waals surface area contributed by atoms with Crippen LogP contribution < -0.4 is 5.73 Å².